The summed E-state index contributed by atoms with van der Waals surface area (Å²) in [4.78, 5) is 45.0. The number of carbonyl (C=O) groups excluding carboxylic acids is 4. The van der Waals surface area contributed by atoms with E-state index < -0.39 is 0 Å². The maximum atomic E-state index is 11.4. The topological polar surface area (TPSA) is 98.8 Å². The molecule has 7 nitrogen and oxygen atoms in total. The Morgan fingerprint density at radius 2 is 1.13 bits per heavy atom. The highest BCUT2D eigenvalue weighted by atomic mass is 16.5. The second-order valence-electron chi connectivity index (χ2n) is 4.66. The zero-order chi connectivity index (χ0) is 16.7. The van der Waals surface area contributed by atoms with Gasteiger partial charge in [0.2, 0.25) is 11.6 Å². The lowest BCUT2D eigenvalue weighted by Gasteiger charge is -2.12. The number of ketones is 4. The first-order valence-corrected chi connectivity index (χ1v) is 6.99. The van der Waals surface area contributed by atoms with Crippen molar-refractivity contribution in [1.29, 1.82) is 0 Å². The lowest BCUT2D eigenvalue weighted by molar-refractivity contribution is -0.117. The molecule has 2 aliphatic carbocycles. The normalized spacial score (nSPS) is 17.2. The molecular formula is C16H15NO6. The molecule has 0 bridgehead atoms. The summed E-state index contributed by atoms with van der Waals surface area (Å²) >= 11 is 0. The largest absolute Gasteiger partial charge is 0.488 e. The molecule has 0 fully saturated rings. The summed E-state index contributed by atoms with van der Waals surface area (Å²) in [5.41, 5.74) is 0. The van der Waals surface area contributed by atoms with Gasteiger partial charge in [-0.05, 0) is 24.3 Å². The number of nitrogens with one attached hydrogen (secondary N) is 1. The smallest absolute Gasteiger partial charge is 0.220 e. The first kappa shape index (κ1) is 16.6. The van der Waals surface area contributed by atoms with Crippen LogP contribution >= 0.6 is 0 Å². The maximum Gasteiger partial charge on any atom is 0.220 e. The molecule has 0 saturated carbocycles. The summed E-state index contributed by atoms with van der Waals surface area (Å²) in [7, 11) is 0. The van der Waals surface area contributed by atoms with E-state index in [1.54, 1.807) is 0 Å². The summed E-state index contributed by atoms with van der Waals surface area (Å²) in [6.45, 7) is 1.28. The van der Waals surface area contributed by atoms with Crippen molar-refractivity contribution >= 4 is 23.1 Å². The SMILES string of the molecule is O=C1C=CC(=O)C(OCCNCCOC2=CC(=O)C=CC2=O)=C1. The Balaban J connectivity index is 1.58. The second-order valence-corrected chi connectivity index (χ2v) is 4.66. The molecule has 0 radical (unpaired) electrons. The molecule has 23 heavy (non-hydrogen) atoms. The van der Waals surface area contributed by atoms with E-state index in [1.165, 1.54) is 24.3 Å². The van der Waals surface area contributed by atoms with Gasteiger partial charge in [-0.2, -0.15) is 0 Å². The Kier molecular flexibility index (Phi) is 5.76. The van der Waals surface area contributed by atoms with Crippen LogP contribution < -0.4 is 5.32 Å². The van der Waals surface area contributed by atoms with Crippen molar-refractivity contribution in [1.82, 2.24) is 5.32 Å². The van der Waals surface area contributed by atoms with Crippen LogP contribution in [0.4, 0.5) is 0 Å². The van der Waals surface area contributed by atoms with Crippen LogP contribution in [0.3, 0.4) is 0 Å². The van der Waals surface area contributed by atoms with Gasteiger partial charge in [0.05, 0.1) is 0 Å². The van der Waals surface area contributed by atoms with E-state index in [4.69, 9.17) is 9.47 Å². The van der Waals surface area contributed by atoms with Gasteiger partial charge in [-0.15, -0.1) is 0 Å². The van der Waals surface area contributed by atoms with Gasteiger partial charge in [-0.25, -0.2) is 0 Å². The fourth-order valence-corrected chi connectivity index (χ4v) is 1.79. The van der Waals surface area contributed by atoms with Crippen molar-refractivity contribution in [2.24, 2.45) is 0 Å². The van der Waals surface area contributed by atoms with Gasteiger partial charge in [0.15, 0.2) is 23.1 Å². The van der Waals surface area contributed by atoms with Gasteiger partial charge in [-0.3, -0.25) is 19.2 Å². The number of hydrogen-bond donors (Lipinski definition) is 1. The lowest BCUT2D eigenvalue weighted by Crippen LogP contribution is -2.25. The molecule has 0 heterocycles. The number of rotatable bonds is 8. The zero-order valence-electron chi connectivity index (χ0n) is 12.2. The van der Waals surface area contributed by atoms with Crippen molar-refractivity contribution in [3.63, 3.8) is 0 Å². The van der Waals surface area contributed by atoms with E-state index in [1.807, 2.05) is 0 Å². The summed E-state index contributed by atoms with van der Waals surface area (Å²) in [5.74, 6) is -1.19. The van der Waals surface area contributed by atoms with E-state index in [9.17, 15) is 19.2 Å². The first-order valence-electron chi connectivity index (χ1n) is 6.99. The van der Waals surface area contributed by atoms with Gasteiger partial charge in [0.1, 0.15) is 13.2 Å². The average molecular weight is 317 g/mol. The summed E-state index contributed by atoms with van der Waals surface area (Å²) in [6, 6.07) is 0. The van der Waals surface area contributed by atoms with Gasteiger partial charge in [0.25, 0.3) is 0 Å². The molecule has 0 aromatic heterocycles. The monoisotopic (exact) mass is 317 g/mol. The predicted octanol–water partition coefficient (Wildman–Crippen LogP) is -0.207. The molecule has 0 aromatic carbocycles. The minimum atomic E-state index is -0.339. The van der Waals surface area contributed by atoms with Crippen molar-refractivity contribution < 1.29 is 28.7 Å². The first-order chi connectivity index (χ1) is 11.1. The average Bonchev–Trinajstić information content (AvgIpc) is 2.52. The fraction of sp³-hybridized carbons (Fsp3) is 0.250. The van der Waals surface area contributed by atoms with Gasteiger partial charge >= 0.3 is 0 Å². The number of allylic oxidation sites excluding steroid dienone is 6. The van der Waals surface area contributed by atoms with Gasteiger partial charge in [0, 0.05) is 25.2 Å². The highest BCUT2D eigenvalue weighted by molar-refractivity contribution is 6.16. The molecule has 0 unspecified atom stereocenters. The summed E-state index contributed by atoms with van der Waals surface area (Å²) in [6.07, 6.45) is 7.01. The van der Waals surface area contributed by atoms with E-state index in [-0.39, 0.29) is 47.9 Å². The molecule has 0 aromatic rings. The zero-order valence-corrected chi connectivity index (χ0v) is 12.2. The predicted molar refractivity (Wildman–Crippen MR) is 79.2 cm³/mol. The Bertz CT molecular complexity index is 597. The van der Waals surface area contributed by atoms with Crippen LogP contribution in [0.2, 0.25) is 0 Å². The van der Waals surface area contributed by atoms with Gasteiger partial charge < -0.3 is 14.8 Å². The van der Waals surface area contributed by atoms with Crippen LogP contribution in [0, 0.1) is 0 Å². The fourth-order valence-electron chi connectivity index (χ4n) is 1.79. The Labute approximate surface area is 132 Å². The van der Waals surface area contributed by atoms with E-state index in [0.29, 0.717) is 13.1 Å². The molecule has 2 aliphatic rings. The standard InChI is InChI=1S/C16H15NO6/c18-11-1-3-13(20)15(9-11)22-7-5-17-6-8-23-16-10-12(19)2-4-14(16)21/h1-4,9-10,17H,5-8H2. The molecule has 2 rings (SSSR count). The molecule has 120 valence electrons. The Hall–Kier alpha value is -2.80. The molecule has 0 aliphatic heterocycles. The minimum Gasteiger partial charge on any atom is -0.488 e. The van der Waals surface area contributed by atoms with Crippen LogP contribution in [-0.4, -0.2) is 49.4 Å². The summed E-state index contributed by atoms with van der Waals surface area (Å²) in [5, 5.41) is 2.98. The molecule has 0 atom stereocenters. The Morgan fingerprint density at radius 3 is 1.57 bits per heavy atom. The van der Waals surface area contributed by atoms with Gasteiger partial charge in [-0.1, -0.05) is 0 Å². The van der Waals surface area contributed by atoms with Crippen molar-refractivity contribution in [2.75, 3.05) is 26.3 Å². The molecule has 0 amide bonds. The Morgan fingerprint density at radius 1 is 0.696 bits per heavy atom. The number of carbonyl (C=O) groups is 4. The molecule has 1 N–H and O–H groups in total. The molecule has 0 saturated heterocycles. The van der Waals surface area contributed by atoms with E-state index in [0.717, 1.165) is 12.2 Å². The maximum absolute atomic E-state index is 11.4. The van der Waals surface area contributed by atoms with Crippen molar-refractivity contribution in [2.45, 2.75) is 0 Å². The van der Waals surface area contributed by atoms with Crippen LogP contribution in [0.5, 0.6) is 0 Å². The highest BCUT2D eigenvalue weighted by Crippen LogP contribution is 2.07. The van der Waals surface area contributed by atoms with Crippen LogP contribution in [0.15, 0.2) is 48.0 Å². The second kappa shape index (κ2) is 8.00. The van der Waals surface area contributed by atoms with Crippen LogP contribution in [0.1, 0.15) is 0 Å². The van der Waals surface area contributed by atoms with Crippen LogP contribution in [-0.2, 0) is 28.7 Å². The third kappa shape index (κ3) is 5.15. The van der Waals surface area contributed by atoms with E-state index >= 15 is 0 Å². The third-order valence-electron chi connectivity index (χ3n) is 2.90. The summed E-state index contributed by atoms with van der Waals surface area (Å²) < 4.78 is 10.4. The molecule has 7 heteroatoms. The third-order valence-corrected chi connectivity index (χ3v) is 2.90. The van der Waals surface area contributed by atoms with E-state index in [2.05, 4.69) is 5.32 Å². The lowest BCUT2D eigenvalue weighted by atomic mass is 10.1. The minimum absolute atomic E-state index is 0.0267. The number of hydrogen-bond acceptors (Lipinski definition) is 7. The van der Waals surface area contributed by atoms with Crippen molar-refractivity contribution in [3.8, 4) is 0 Å². The highest BCUT2D eigenvalue weighted by Gasteiger charge is 2.15. The number of ether oxygens (including phenoxy) is 2. The van der Waals surface area contributed by atoms with Crippen LogP contribution in [0.25, 0.3) is 0 Å². The van der Waals surface area contributed by atoms with Crippen molar-refractivity contribution in [3.05, 3.63) is 48.0 Å². The quantitative estimate of drug-likeness (QED) is 0.488. The molecular weight excluding hydrogens is 302 g/mol. The molecule has 0 spiro atoms.